The van der Waals surface area contributed by atoms with Gasteiger partial charge >= 0.3 is 5.97 Å². The van der Waals surface area contributed by atoms with Crippen LogP contribution in [0.25, 0.3) is 0 Å². The van der Waals surface area contributed by atoms with Gasteiger partial charge in [0, 0.05) is 12.5 Å². The molecule has 0 aliphatic heterocycles. The zero-order valence-electron chi connectivity index (χ0n) is 13.2. The van der Waals surface area contributed by atoms with Gasteiger partial charge in [0.15, 0.2) is 0 Å². The third-order valence-corrected chi connectivity index (χ3v) is 3.47. The van der Waals surface area contributed by atoms with Gasteiger partial charge in [0.2, 0.25) is 5.91 Å². The van der Waals surface area contributed by atoms with E-state index in [1.165, 1.54) is 7.11 Å². The first-order chi connectivity index (χ1) is 11.0. The van der Waals surface area contributed by atoms with Crippen molar-refractivity contribution in [2.75, 3.05) is 7.11 Å². The number of carbonyl (C=O) groups excluding carboxylic acids is 2. The largest absolute Gasteiger partial charge is 0.465 e. The maximum absolute atomic E-state index is 12.0. The second kappa shape index (κ2) is 7.60. The molecule has 1 amide bonds. The molecular formula is C17H20N2O4. The molecule has 0 fully saturated rings. The molecule has 0 aliphatic carbocycles. The van der Waals surface area contributed by atoms with Gasteiger partial charge in [0.25, 0.3) is 0 Å². The lowest BCUT2D eigenvalue weighted by Crippen LogP contribution is -2.27. The van der Waals surface area contributed by atoms with Crippen LogP contribution in [0.1, 0.15) is 39.9 Å². The van der Waals surface area contributed by atoms with E-state index in [0.29, 0.717) is 17.1 Å². The number of aryl methyl sites for hydroxylation is 1. The van der Waals surface area contributed by atoms with Crippen molar-refractivity contribution in [2.45, 2.75) is 25.9 Å². The summed E-state index contributed by atoms with van der Waals surface area (Å²) in [6, 6.07) is 10.6. The summed E-state index contributed by atoms with van der Waals surface area (Å²) in [5.74, 6) is 0.302. The average molecular weight is 316 g/mol. The number of rotatable bonds is 6. The molecule has 23 heavy (non-hydrogen) atoms. The summed E-state index contributed by atoms with van der Waals surface area (Å²) in [5, 5.41) is 2.73. The fraction of sp³-hybridized carbons (Fsp3) is 0.294. The molecule has 6 heteroatoms. The van der Waals surface area contributed by atoms with Crippen LogP contribution >= 0.6 is 0 Å². The number of furan rings is 1. The van der Waals surface area contributed by atoms with Crippen LogP contribution in [0.4, 0.5) is 0 Å². The van der Waals surface area contributed by atoms with Gasteiger partial charge in [-0.3, -0.25) is 4.79 Å². The summed E-state index contributed by atoms with van der Waals surface area (Å²) in [7, 11) is 1.31. The maximum Gasteiger partial charge on any atom is 0.341 e. The molecule has 1 aromatic carbocycles. The minimum absolute atomic E-state index is 0.174. The summed E-state index contributed by atoms with van der Waals surface area (Å²) in [6.45, 7) is 1.86. The first kappa shape index (κ1) is 16.8. The van der Waals surface area contributed by atoms with Gasteiger partial charge < -0.3 is 20.2 Å². The second-order valence-corrected chi connectivity index (χ2v) is 5.17. The van der Waals surface area contributed by atoms with Crippen LogP contribution in [-0.2, 0) is 16.1 Å². The van der Waals surface area contributed by atoms with E-state index in [1.807, 2.05) is 30.3 Å². The van der Waals surface area contributed by atoms with Crippen LogP contribution in [0, 0.1) is 6.92 Å². The van der Waals surface area contributed by atoms with Crippen molar-refractivity contribution in [3.63, 3.8) is 0 Å². The van der Waals surface area contributed by atoms with Crippen molar-refractivity contribution < 1.29 is 18.7 Å². The van der Waals surface area contributed by atoms with Crippen molar-refractivity contribution in [1.82, 2.24) is 5.32 Å². The Morgan fingerprint density at radius 1 is 1.30 bits per heavy atom. The molecule has 0 saturated heterocycles. The van der Waals surface area contributed by atoms with Crippen molar-refractivity contribution in [3.8, 4) is 0 Å². The fourth-order valence-corrected chi connectivity index (χ4v) is 2.22. The number of ether oxygens (including phenoxy) is 1. The molecule has 2 rings (SSSR count). The third-order valence-electron chi connectivity index (χ3n) is 3.47. The maximum atomic E-state index is 12.0. The Morgan fingerprint density at radius 2 is 2.00 bits per heavy atom. The van der Waals surface area contributed by atoms with Gasteiger partial charge in [0.05, 0.1) is 13.7 Å². The van der Waals surface area contributed by atoms with E-state index in [0.717, 1.165) is 5.56 Å². The van der Waals surface area contributed by atoms with E-state index in [-0.39, 0.29) is 24.9 Å². The zero-order chi connectivity index (χ0) is 16.8. The fourth-order valence-electron chi connectivity index (χ4n) is 2.22. The van der Waals surface area contributed by atoms with E-state index in [2.05, 4.69) is 10.1 Å². The number of benzene rings is 1. The van der Waals surface area contributed by atoms with Crippen LogP contribution in [0.3, 0.4) is 0 Å². The van der Waals surface area contributed by atoms with Gasteiger partial charge in [-0.15, -0.1) is 0 Å². The first-order valence-corrected chi connectivity index (χ1v) is 7.26. The van der Waals surface area contributed by atoms with Crippen LogP contribution in [-0.4, -0.2) is 19.0 Å². The van der Waals surface area contributed by atoms with Gasteiger partial charge in [-0.05, 0) is 18.6 Å². The Bertz CT molecular complexity index is 679. The number of nitrogens with two attached hydrogens (primary N) is 1. The standard InChI is InChI=1S/C17H20N2O4/c1-11-14(17(21)22-2)8-13(23-11)10-19-16(20)9-15(18)12-6-4-3-5-7-12/h3-8,15H,9-10,18H2,1-2H3,(H,19,20). The third kappa shape index (κ3) is 4.43. The highest BCUT2D eigenvalue weighted by atomic mass is 16.5. The molecule has 1 atom stereocenters. The zero-order valence-corrected chi connectivity index (χ0v) is 13.2. The van der Waals surface area contributed by atoms with Crippen molar-refractivity contribution in [1.29, 1.82) is 0 Å². The summed E-state index contributed by atoms with van der Waals surface area (Å²) in [5.41, 5.74) is 7.27. The number of hydrogen-bond acceptors (Lipinski definition) is 5. The predicted molar refractivity (Wildman–Crippen MR) is 84.6 cm³/mol. The molecule has 0 aliphatic rings. The summed E-state index contributed by atoms with van der Waals surface area (Å²) in [4.78, 5) is 23.5. The molecule has 1 unspecified atom stereocenters. The van der Waals surface area contributed by atoms with E-state index < -0.39 is 5.97 Å². The SMILES string of the molecule is COC(=O)c1cc(CNC(=O)CC(N)c2ccccc2)oc1C. The molecular weight excluding hydrogens is 296 g/mol. The molecule has 0 saturated carbocycles. The lowest BCUT2D eigenvalue weighted by molar-refractivity contribution is -0.121. The number of nitrogens with one attached hydrogen (secondary N) is 1. The van der Waals surface area contributed by atoms with Crippen LogP contribution in [0.15, 0.2) is 40.8 Å². The molecule has 122 valence electrons. The van der Waals surface area contributed by atoms with E-state index in [4.69, 9.17) is 10.2 Å². The number of amides is 1. The van der Waals surface area contributed by atoms with Crippen LogP contribution in [0.2, 0.25) is 0 Å². The first-order valence-electron chi connectivity index (χ1n) is 7.26. The molecule has 1 aromatic heterocycles. The van der Waals surface area contributed by atoms with Gasteiger partial charge in [-0.25, -0.2) is 4.79 Å². The number of methoxy groups -OCH3 is 1. The van der Waals surface area contributed by atoms with Gasteiger partial charge in [0.1, 0.15) is 17.1 Å². The van der Waals surface area contributed by atoms with Crippen molar-refractivity contribution in [2.24, 2.45) is 5.73 Å². The Labute approximate surface area is 134 Å². The highest BCUT2D eigenvalue weighted by Gasteiger charge is 2.16. The molecule has 2 aromatic rings. The Balaban J connectivity index is 1.88. The molecule has 0 spiro atoms. The molecule has 0 radical (unpaired) electrons. The monoisotopic (exact) mass is 316 g/mol. The summed E-state index contributed by atoms with van der Waals surface area (Å²) in [6.07, 6.45) is 0.174. The Kier molecular flexibility index (Phi) is 5.54. The minimum atomic E-state index is -0.463. The van der Waals surface area contributed by atoms with E-state index >= 15 is 0 Å². The average Bonchev–Trinajstić information content (AvgIpc) is 2.94. The van der Waals surface area contributed by atoms with Gasteiger partial charge in [-0.1, -0.05) is 30.3 Å². The van der Waals surface area contributed by atoms with Crippen LogP contribution < -0.4 is 11.1 Å². The summed E-state index contributed by atoms with van der Waals surface area (Å²) >= 11 is 0. The topological polar surface area (TPSA) is 94.6 Å². The molecule has 0 bridgehead atoms. The molecule has 1 heterocycles. The van der Waals surface area contributed by atoms with Gasteiger partial charge in [-0.2, -0.15) is 0 Å². The number of carbonyl (C=O) groups is 2. The minimum Gasteiger partial charge on any atom is -0.465 e. The predicted octanol–water partition coefficient (Wildman–Crippen LogP) is 2.08. The Hall–Kier alpha value is -2.60. The highest BCUT2D eigenvalue weighted by molar-refractivity contribution is 5.90. The second-order valence-electron chi connectivity index (χ2n) is 5.17. The normalized spacial score (nSPS) is 11.8. The number of hydrogen-bond donors (Lipinski definition) is 2. The lowest BCUT2D eigenvalue weighted by Gasteiger charge is -2.11. The lowest BCUT2D eigenvalue weighted by atomic mass is 10.0. The quantitative estimate of drug-likeness (QED) is 0.796. The molecule has 6 nitrogen and oxygen atoms in total. The molecule has 3 N–H and O–H groups in total. The van der Waals surface area contributed by atoms with E-state index in [9.17, 15) is 9.59 Å². The summed E-state index contributed by atoms with van der Waals surface area (Å²) < 4.78 is 10.1. The van der Waals surface area contributed by atoms with E-state index in [1.54, 1.807) is 13.0 Å². The van der Waals surface area contributed by atoms with Crippen LogP contribution in [0.5, 0.6) is 0 Å². The smallest absolute Gasteiger partial charge is 0.341 e. The highest BCUT2D eigenvalue weighted by Crippen LogP contribution is 2.16. The number of esters is 1. The van der Waals surface area contributed by atoms with Crippen molar-refractivity contribution in [3.05, 3.63) is 59.0 Å². The van der Waals surface area contributed by atoms with Crippen molar-refractivity contribution >= 4 is 11.9 Å². The Morgan fingerprint density at radius 3 is 2.65 bits per heavy atom.